The fourth-order valence-corrected chi connectivity index (χ4v) is 2.47. The molecule has 1 amide bonds. The van der Waals surface area contributed by atoms with Crippen molar-refractivity contribution in [3.63, 3.8) is 0 Å². The summed E-state index contributed by atoms with van der Waals surface area (Å²) in [5.74, 6) is -2.26. The third-order valence-electron chi connectivity index (χ3n) is 3.73. The summed E-state index contributed by atoms with van der Waals surface area (Å²) >= 11 is 0. The Morgan fingerprint density at radius 2 is 2.00 bits per heavy atom. The van der Waals surface area contributed by atoms with Crippen LogP contribution in [0, 0.1) is 28.6 Å². The topological polar surface area (TPSA) is 90.6 Å². The standard InChI is InChI=1S/C13H20N2O4/c1-13(2)9(10(13)12(17)18)11(16)15(6-4-5-14)7-8-19-3/h9-10H,4,6-8H2,1-3H3,(H,17,18)/t9-,10+/m1/s1. The van der Waals surface area contributed by atoms with Crippen molar-refractivity contribution in [3.8, 4) is 6.07 Å². The SMILES string of the molecule is COCCN(CCC#N)C(=O)[C@H]1[C@@H](C(=O)O)C1(C)C. The van der Waals surface area contributed by atoms with Crippen LogP contribution in [0.25, 0.3) is 0 Å². The van der Waals surface area contributed by atoms with E-state index in [2.05, 4.69) is 0 Å². The first-order chi connectivity index (χ1) is 8.87. The lowest BCUT2D eigenvalue weighted by molar-refractivity contribution is -0.142. The summed E-state index contributed by atoms with van der Waals surface area (Å²) in [5.41, 5.74) is -0.513. The molecule has 19 heavy (non-hydrogen) atoms. The van der Waals surface area contributed by atoms with E-state index in [-0.39, 0.29) is 12.3 Å². The van der Waals surface area contributed by atoms with Crippen molar-refractivity contribution in [1.29, 1.82) is 5.26 Å². The summed E-state index contributed by atoms with van der Waals surface area (Å²) in [6, 6.07) is 1.99. The van der Waals surface area contributed by atoms with Gasteiger partial charge in [0.1, 0.15) is 0 Å². The zero-order valence-electron chi connectivity index (χ0n) is 11.5. The van der Waals surface area contributed by atoms with E-state index in [1.165, 1.54) is 12.0 Å². The van der Waals surface area contributed by atoms with Crippen LogP contribution in [0.5, 0.6) is 0 Å². The minimum Gasteiger partial charge on any atom is -0.481 e. The average Bonchev–Trinajstić information content (AvgIpc) is 2.92. The number of nitriles is 1. The quantitative estimate of drug-likeness (QED) is 0.735. The zero-order valence-corrected chi connectivity index (χ0v) is 11.5. The molecule has 1 fully saturated rings. The van der Waals surface area contributed by atoms with Crippen LogP contribution in [0.1, 0.15) is 20.3 Å². The number of carbonyl (C=O) groups excluding carboxylic acids is 1. The maximum atomic E-state index is 12.3. The zero-order chi connectivity index (χ0) is 14.6. The van der Waals surface area contributed by atoms with E-state index in [1.54, 1.807) is 13.8 Å². The number of ether oxygens (including phenoxy) is 1. The Balaban J connectivity index is 2.72. The lowest BCUT2D eigenvalue weighted by Gasteiger charge is -2.22. The summed E-state index contributed by atoms with van der Waals surface area (Å²) in [7, 11) is 1.54. The van der Waals surface area contributed by atoms with Gasteiger partial charge in [-0.05, 0) is 5.41 Å². The van der Waals surface area contributed by atoms with Gasteiger partial charge in [0, 0.05) is 20.2 Å². The molecule has 6 nitrogen and oxygen atoms in total. The van der Waals surface area contributed by atoms with E-state index in [4.69, 9.17) is 15.1 Å². The van der Waals surface area contributed by atoms with Crippen molar-refractivity contribution in [2.75, 3.05) is 26.8 Å². The molecule has 1 rings (SSSR count). The molecule has 0 aromatic heterocycles. The normalized spacial score (nSPS) is 23.5. The van der Waals surface area contributed by atoms with Crippen molar-refractivity contribution >= 4 is 11.9 Å². The second-order valence-corrected chi connectivity index (χ2v) is 5.34. The van der Waals surface area contributed by atoms with Crippen LogP contribution in [-0.4, -0.2) is 48.7 Å². The van der Waals surface area contributed by atoms with Gasteiger partial charge in [-0.25, -0.2) is 0 Å². The van der Waals surface area contributed by atoms with Gasteiger partial charge in [0.05, 0.1) is 30.9 Å². The first-order valence-electron chi connectivity index (χ1n) is 6.25. The highest BCUT2D eigenvalue weighted by Gasteiger charge is 2.66. The van der Waals surface area contributed by atoms with Gasteiger partial charge in [-0.1, -0.05) is 13.8 Å². The van der Waals surface area contributed by atoms with Crippen LogP contribution < -0.4 is 0 Å². The van der Waals surface area contributed by atoms with Crippen LogP contribution >= 0.6 is 0 Å². The minimum absolute atomic E-state index is 0.190. The number of methoxy groups -OCH3 is 1. The fourth-order valence-electron chi connectivity index (χ4n) is 2.47. The number of nitrogens with zero attached hydrogens (tertiary/aromatic N) is 2. The van der Waals surface area contributed by atoms with Crippen LogP contribution in [0.3, 0.4) is 0 Å². The van der Waals surface area contributed by atoms with Crippen molar-refractivity contribution in [2.24, 2.45) is 17.3 Å². The highest BCUT2D eigenvalue weighted by Crippen LogP contribution is 2.59. The smallest absolute Gasteiger partial charge is 0.307 e. The molecular weight excluding hydrogens is 248 g/mol. The number of rotatable bonds is 7. The molecule has 0 unspecified atom stereocenters. The second kappa shape index (κ2) is 6.02. The molecule has 106 valence electrons. The van der Waals surface area contributed by atoms with E-state index in [0.717, 1.165) is 0 Å². The van der Waals surface area contributed by atoms with Gasteiger partial charge in [0.2, 0.25) is 5.91 Å². The molecule has 0 saturated heterocycles. The fraction of sp³-hybridized carbons (Fsp3) is 0.769. The highest BCUT2D eigenvalue weighted by molar-refractivity contribution is 5.91. The van der Waals surface area contributed by atoms with Gasteiger partial charge >= 0.3 is 5.97 Å². The summed E-state index contributed by atoms with van der Waals surface area (Å²) in [5, 5.41) is 17.7. The first kappa shape index (κ1) is 15.4. The monoisotopic (exact) mass is 268 g/mol. The third kappa shape index (κ3) is 3.24. The second-order valence-electron chi connectivity index (χ2n) is 5.34. The Morgan fingerprint density at radius 1 is 1.37 bits per heavy atom. The van der Waals surface area contributed by atoms with Gasteiger partial charge < -0.3 is 14.7 Å². The first-order valence-corrected chi connectivity index (χ1v) is 6.25. The molecular formula is C13H20N2O4. The van der Waals surface area contributed by atoms with E-state index in [0.29, 0.717) is 19.7 Å². The maximum Gasteiger partial charge on any atom is 0.307 e. The Bertz CT molecular complexity index is 400. The largest absolute Gasteiger partial charge is 0.481 e. The molecule has 0 spiro atoms. The van der Waals surface area contributed by atoms with Crippen molar-refractivity contribution in [3.05, 3.63) is 0 Å². The number of carboxylic acid groups (broad SMARTS) is 1. The number of carbonyl (C=O) groups is 2. The van der Waals surface area contributed by atoms with E-state index in [9.17, 15) is 9.59 Å². The lowest BCUT2D eigenvalue weighted by atomic mass is 10.1. The molecule has 0 aromatic rings. The Hall–Kier alpha value is -1.61. The molecule has 0 heterocycles. The molecule has 1 saturated carbocycles. The number of hydrogen-bond acceptors (Lipinski definition) is 4. The van der Waals surface area contributed by atoms with E-state index < -0.39 is 23.2 Å². The van der Waals surface area contributed by atoms with E-state index >= 15 is 0 Å². The van der Waals surface area contributed by atoms with E-state index in [1.807, 2.05) is 6.07 Å². The number of hydrogen-bond donors (Lipinski definition) is 1. The van der Waals surface area contributed by atoms with Gasteiger partial charge in [0.25, 0.3) is 0 Å². The van der Waals surface area contributed by atoms with Crippen LogP contribution in [0.15, 0.2) is 0 Å². The number of amides is 1. The number of aliphatic carboxylic acids is 1. The summed E-state index contributed by atoms with van der Waals surface area (Å²) in [4.78, 5) is 25.0. The summed E-state index contributed by atoms with van der Waals surface area (Å²) in [6.07, 6.45) is 0.236. The lowest BCUT2D eigenvalue weighted by Crippen LogP contribution is -2.37. The summed E-state index contributed by atoms with van der Waals surface area (Å²) < 4.78 is 4.94. The molecule has 2 atom stereocenters. The molecule has 0 aliphatic heterocycles. The third-order valence-corrected chi connectivity index (χ3v) is 3.73. The van der Waals surface area contributed by atoms with Gasteiger partial charge in [-0.15, -0.1) is 0 Å². The molecule has 1 aliphatic rings. The molecule has 0 aromatic carbocycles. The van der Waals surface area contributed by atoms with Gasteiger partial charge in [-0.3, -0.25) is 9.59 Å². The number of carboxylic acids is 1. The van der Waals surface area contributed by atoms with Crippen LogP contribution in [0.4, 0.5) is 0 Å². The molecule has 6 heteroatoms. The molecule has 1 N–H and O–H groups in total. The molecule has 0 radical (unpaired) electrons. The van der Waals surface area contributed by atoms with Crippen LogP contribution in [-0.2, 0) is 14.3 Å². The van der Waals surface area contributed by atoms with Gasteiger partial charge in [0.15, 0.2) is 0 Å². The van der Waals surface area contributed by atoms with Crippen molar-refractivity contribution in [2.45, 2.75) is 20.3 Å². The minimum atomic E-state index is -0.935. The average molecular weight is 268 g/mol. The maximum absolute atomic E-state index is 12.3. The highest BCUT2D eigenvalue weighted by atomic mass is 16.5. The molecule has 0 bridgehead atoms. The predicted molar refractivity (Wildman–Crippen MR) is 67.1 cm³/mol. The van der Waals surface area contributed by atoms with Crippen LogP contribution in [0.2, 0.25) is 0 Å². The predicted octanol–water partition coefficient (Wildman–Crippen LogP) is 0.732. The summed E-state index contributed by atoms with van der Waals surface area (Å²) in [6.45, 7) is 4.65. The Labute approximate surface area is 112 Å². The van der Waals surface area contributed by atoms with Crippen molar-refractivity contribution < 1.29 is 19.4 Å². The molecule has 1 aliphatic carbocycles. The Kier molecular flexibility index (Phi) is 4.90. The van der Waals surface area contributed by atoms with Gasteiger partial charge in [-0.2, -0.15) is 5.26 Å². The Morgan fingerprint density at radius 3 is 2.42 bits per heavy atom. The van der Waals surface area contributed by atoms with Crippen molar-refractivity contribution in [1.82, 2.24) is 4.90 Å².